The fraction of sp³-hybridized carbons (Fsp3) is 0.375. The molecule has 0 fully saturated rings. The second-order valence-electron chi connectivity index (χ2n) is 5.60. The minimum atomic E-state index is -3.98. The van der Waals surface area contributed by atoms with Gasteiger partial charge in [0, 0.05) is 19.2 Å². The molecule has 1 heterocycles. The average Bonchev–Trinajstić information content (AvgIpc) is 2.52. The fourth-order valence-corrected chi connectivity index (χ4v) is 3.94. The number of hydrogen-bond acceptors (Lipinski definition) is 4. The number of aryl methyl sites for hydroxylation is 1. The standard InChI is InChI=1S/C16H20N2O5S/c1-3-5-14(16(20)21)17-24(22,23)13-7-8-15-12(10-13)6-4-9-18(15)11(2)19/h3,7-8,10,14,17H,1,4-6,9H2,2H3,(H,20,21). The summed E-state index contributed by atoms with van der Waals surface area (Å²) in [5.74, 6) is -1.36. The van der Waals surface area contributed by atoms with E-state index < -0.39 is 22.0 Å². The lowest BCUT2D eigenvalue weighted by Gasteiger charge is -2.29. The molecule has 7 nitrogen and oxygen atoms in total. The first kappa shape index (κ1) is 18.2. The summed E-state index contributed by atoms with van der Waals surface area (Å²) in [7, 11) is -3.98. The predicted octanol–water partition coefficient (Wildman–Crippen LogP) is 1.29. The Kier molecular flexibility index (Phi) is 5.40. The number of aliphatic carboxylic acids is 1. The van der Waals surface area contributed by atoms with Gasteiger partial charge in [-0.15, -0.1) is 6.58 Å². The van der Waals surface area contributed by atoms with Crippen molar-refractivity contribution in [1.29, 1.82) is 0 Å². The Bertz CT molecular complexity index is 773. The lowest BCUT2D eigenvalue weighted by Crippen LogP contribution is -2.40. The summed E-state index contributed by atoms with van der Waals surface area (Å²) < 4.78 is 27.0. The molecule has 130 valence electrons. The van der Waals surface area contributed by atoms with E-state index in [4.69, 9.17) is 5.11 Å². The topological polar surface area (TPSA) is 104 Å². The Morgan fingerprint density at radius 1 is 1.46 bits per heavy atom. The van der Waals surface area contributed by atoms with Crippen LogP contribution in [0.4, 0.5) is 5.69 Å². The van der Waals surface area contributed by atoms with E-state index in [-0.39, 0.29) is 17.2 Å². The number of hydrogen-bond donors (Lipinski definition) is 2. The number of nitrogens with zero attached hydrogens (tertiary/aromatic N) is 1. The number of carbonyl (C=O) groups excluding carboxylic acids is 1. The third kappa shape index (κ3) is 3.82. The molecule has 1 aromatic carbocycles. The minimum Gasteiger partial charge on any atom is -0.480 e. The quantitative estimate of drug-likeness (QED) is 0.751. The Morgan fingerprint density at radius 3 is 2.75 bits per heavy atom. The first-order chi connectivity index (χ1) is 11.3. The van der Waals surface area contributed by atoms with E-state index in [9.17, 15) is 18.0 Å². The van der Waals surface area contributed by atoms with E-state index >= 15 is 0 Å². The molecule has 0 aromatic heterocycles. The highest BCUT2D eigenvalue weighted by atomic mass is 32.2. The van der Waals surface area contributed by atoms with Gasteiger partial charge in [0.1, 0.15) is 6.04 Å². The van der Waals surface area contributed by atoms with Crippen LogP contribution in [0.5, 0.6) is 0 Å². The Morgan fingerprint density at radius 2 is 2.17 bits per heavy atom. The van der Waals surface area contributed by atoms with Crippen molar-refractivity contribution in [3.8, 4) is 0 Å². The van der Waals surface area contributed by atoms with Crippen molar-refractivity contribution in [2.45, 2.75) is 37.1 Å². The number of rotatable bonds is 6. The van der Waals surface area contributed by atoms with Crippen LogP contribution in [-0.2, 0) is 26.0 Å². The molecule has 2 N–H and O–H groups in total. The van der Waals surface area contributed by atoms with E-state index in [1.807, 2.05) is 0 Å². The van der Waals surface area contributed by atoms with E-state index in [1.54, 1.807) is 11.0 Å². The molecule has 0 spiro atoms. The number of amides is 1. The Hall–Kier alpha value is -2.19. The zero-order valence-corrected chi connectivity index (χ0v) is 14.2. The molecule has 0 aliphatic carbocycles. The molecule has 0 radical (unpaired) electrons. The molecule has 8 heteroatoms. The van der Waals surface area contributed by atoms with Crippen molar-refractivity contribution in [2.75, 3.05) is 11.4 Å². The number of anilines is 1. The van der Waals surface area contributed by atoms with Gasteiger partial charge in [0.25, 0.3) is 0 Å². The Labute approximate surface area is 141 Å². The molecule has 1 amide bonds. The maximum atomic E-state index is 12.4. The van der Waals surface area contributed by atoms with Crippen LogP contribution in [0.25, 0.3) is 0 Å². The van der Waals surface area contributed by atoms with E-state index in [0.29, 0.717) is 18.7 Å². The molecule has 1 aliphatic heterocycles. The van der Waals surface area contributed by atoms with Crippen molar-refractivity contribution in [3.63, 3.8) is 0 Å². The lowest BCUT2D eigenvalue weighted by atomic mass is 10.0. The third-order valence-corrected chi connectivity index (χ3v) is 5.33. The molecule has 1 atom stereocenters. The fourth-order valence-electron chi connectivity index (χ4n) is 2.69. The van der Waals surface area contributed by atoms with Crippen LogP contribution in [0.3, 0.4) is 0 Å². The first-order valence-corrected chi connectivity index (χ1v) is 9.01. The van der Waals surface area contributed by atoms with Crippen molar-refractivity contribution in [1.82, 2.24) is 4.72 Å². The van der Waals surface area contributed by atoms with Crippen LogP contribution in [0, 0.1) is 0 Å². The van der Waals surface area contributed by atoms with Gasteiger partial charge < -0.3 is 10.0 Å². The van der Waals surface area contributed by atoms with Gasteiger partial charge in [0.05, 0.1) is 4.90 Å². The summed E-state index contributed by atoms with van der Waals surface area (Å²) in [5.41, 5.74) is 1.46. The van der Waals surface area contributed by atoms with Crippen molar-refractivity contribution in [2.24, 2.45) is 0 Å². The van der Waals surface area contributed by atoms with Gasteiger partial charge in [-0.25, -0.2) is 8.42 Å². The monoisotopic (exact) mass is 352 g/mol. The molecule has 0 saturated heterocycles. The van der Waals surface area contributed by atoms with Crippen LogP contribution in [-0.4, -0.2) is 38.0 Å². The highest BCUT2D eigenvalue weighted by Crippen LogP contribution is 2.29. The van der Waals surface area contributed by atoms with Crippen molar-refractivity contribution >= 4 is 27.6 Å². The van der Waals surface area contributed by atoms with Gasteiger partial charge in [0.2, 0.25) is 15.9 Å². The van der Waals surface area contributed by atoms with Crippen molar-refractivity contribution < 1.29 is 23.1 Å². The molecular weight excluding hydrogens is 332 g/mol. The molecule has 2 rings (SSSR count). The van der Waals surface area contributed by atoms with E-state index in [2.05, 4.69) is 11.3 Å². The maximum absolute atomic E-state index is 12.4. The van der Waals surface area contributed by atoms with Gasteiger partial charge in [-0.05, 0) is 43.0 Å². The van der Waals surface area contributed by atoms with Gasteiger partial charge in [-0.2, -0.15) is 4.72 Å². The number of fused-ring (bicyclic) bond motifs is 1. The highest BCUT2D eigenvalue weighted by molar-refractivity contribution is 7.89. The van der Waals surface area contributed by atoms with Gasteiger partial charge in [-0.3, -0.25) is 9.59 Å². The van der Waals surface area contributed by atoms with Crippen LogP contribution in [0.2, 0.25) is 0 Å². The zero-order valence-electron chi connectivity index (χ0n) is 13.4. The van der Waals surface area contributed by atoms with Gasteiger partial charge in [-0.1, -0.05) is 6.08 Å². The highest BCUT2D eigenvalue weighted by Gasteiger charge is 2.26. The summed E-state index contributed by atoms with van der Waals surface area (Å²) in [6.07, 6.45) is 2.74. The number of carboxylic acids is 1. The Balaban J connectivity index is 2.33. The number of benzene rings is 1. The SMILES string of the molecule is C=CCC(NS(=O)(=O)c1ccc2c(c1)CCCN2C(C)=O)C(=O)O. The second kappa shape index (κ2) is 7.14. The van der Waals surface area contributed by atoms with E-state index in [1.165, 1.54) is 25.1 Å². The third-order valence-electron chi connectivity index (χ3n) is 3.86. The maximum Gasteiger partial charge on any atom is 0.322 e. The molecule has 1 aliphatic rings. The molecule has 0 saturated carbocycles. The number of nitrogens with one attached hydrogen (secondary N) is 1. The average molecular weight is 352 g/mol. The van der Waals surface area contributed by atoms with E-state index in [0.717, 1.165) is 12.0 Å². The second-order valence-corrected chi connectivity index (χ2v) is 7.32. The molecule has 1 unspecified atom stereocenters. The summed E-state index contributed by atoms with van der Waals surface area (Å²) in [6, 6.07) is 3.21. The zero-order chi connectivity index (χ0) is 17.9. The van der Waals surface area contributed by atoms with Crippen LogP contribution in [0.15, 0.2) is 35.7 Å². The molecular formula is C16H20N2O5S. The lowest BCUT2D eigenvalue weighted by molar-refractivity contribution is -0.138. The van der Waals surface area contributed by atoms with Gasteiger partial charge in [0.15, 0.2) is 0 Å². The summed E-state index contributed by atoms with van der Waals surface area (Å²) >= 11 is 0. The molecule has 24 heavy (non-hydrogen) atoms. The molecule has 0 bridgehead atoms. The largest absolute Gasteiger partial charge is 0.480 e. The number of carbonyl (C=O) groups is 2. The predicted molar refractivity (Wildman–Crippen MR) is 89.3 cm³/mol. The summed E-state index contributed by atoms with van der Waals surface area (Å²) in [5, 5.41) is 9.08. The van der Waals surface area contributed by atoms with Crippen LogP contribution >= 0.6 is 0 Å². The number of carboxylic acid groups (broad SMARTS) is 1. The van der Waals surface area contributed by atoms with Crippen LogP contribution in [0.1, 0.15) is 25.3 Å². The summed E-state index contributed by atoms with van der Waals surface area (Å²) in [4.78, 5) is 24.4. The first-order valence-electron chi connectivity index (χ1n) is 7.53. The van der Waals surface area contributed by atoms with Crippen molar-refractivity contribution in [3.05, 3.63) is 36.4 Å². The summed E-state index contributed by atoms with van der Waals surface area (Å²) in [6.45, 7) is 5.50. The number of sulfonamides is 1. The smallest absolute Gasteiger partial charge is 0.322 e. The normalized spacial score (nSPS) is 15.5. The minimum absolute atomic E-state index is 0.0121. The molecule has 1 aromatic rings. The van der Waals surface area contributed by atoms with Gasteiger partial charge >= 0.3 is 5.97 Å². The van der Waals surface area contributed by atoms with Crippen LogP contribution < -0.4 is 9.62 Å².